The Bertz CT molecular complexity index is 606. The second kappa shape index (κ2) is 6.67. The average molecular weight is 301 g/mol. The summed E-state index contributed by atoms with van der Waals surface area (Å²) in [5, 5.41) is 14.5. The molecule has 1 unspecified atom stereocenters. The number of rotatable bonds is 6. The lowest BCUT2D eigenvalue weighted by Crippen LogP contribution is -2.21. The number of aromatic nitrogens is 2. The van der Waals surface area contributed by atoms with Crippen molar-refractivity contribution in [2.75, 3.05) is 6.54 Å². The van der Waals surface area contributed by atoms with Gasteiger partial charge in [-0.1, -0.05) is 37.3 Å². The third-order valence-corrected chi connectivity index (χ3v) is 5.22. The van der Waals surface area contributed by atoms with Crippen LogP contribution in [0.4, 0.5) is 0 Å². The van der Waals surface area contributed by atoms with Crippen molar-refractivity contribution >= 4 is 11.3 Å². The van der Waals surface area contributed by atoms with Crippen molar-refractivity contribution in [3.05, 3.63) is 34.3 Å². The summed E-state index contributed by atoms with van der Waals surface area (Å²) in [5.74, 6) is 0. The number of nitrogens with one attached hydrogen (secondary N) is 1. The molecular weight excluding hydrogens is 278 g/mol. The van der Waals surface area contributed by atoms with Crippen molar-refractivity contribution in [2.24, 2.45) is 0 Å². The van der Waals surface area contributed by atoms with Crippen molar-refractivity contribution in [1.29, 1.82) is 0 Å². The van der Waals surface area contributed by atoms with E-state index in [-0.39, 0.29) is 0 Å². The smallest absolute Gasteiger partial charge is 0.147 e. The summed E-state index contributed by atoms with van der Waals surface area (Å²) in [6.45, 7) is 5.42. The van der Waals surface area contributed by atoms with Crippen molar-refractivity contribution in [3.63, 3.8) is 0 Å². The normalized spacial score (nSPS) is 15.1. The Labute approximate surface area is 130 Å². The topological polar surface area (TPSA) is 37.8 Å². The Morgan fingerprint density at radius 1 is 1.19 bits per heavy atom. The quantitative estimate of drug-likeness (QED) is 0.871. The van der Waals surface area contributed by atoms with E-state index in [9.17, 15) is 0 Å². The Morgan fingerprint density at radius 3 is 2.86 bits per heavy atom. The molecule has 0 aliphatic heterocycles. The van der Waals surface area contributed by atoms with Gasteiger partial charge in [-0.05, 0) is 55.8 Å². The second-order valence-corrected chi connectivity index (χ2v) is 6.71. The molecule has 1 aromatic carbocycles. The molecule has 1 aliphatic carbocycles. The van der Waals surface area contributed by atoms with E-state index in [1.807, 2.05) is 0 Å². The maximum atomic E-state index is 4.42. The molecule has 1 aromatic heterocycles. The van der Waals surface area contributed by atoms with Crippen LogP contribution in [0.15, 0.2) is 18.2 Å². The van der Waals surface area contributed by atoms with Crippen LogP contribution in [0, 0.1) is 0 Å². The van der Waals surface area contributed by atoms with Crippen LogP contribution >= 0.6 is 11.3 Å². The van der Waals surface area contributed by atoms with E-state index in [0.29, 0.717) is 6.04 Å². The van der Waals surface area contributed by atoms with Gasteiger partial charge in [-0.15, -0.1) is 10.2 Å². The molecule has 3 nitrogen and oxygen atoms in total. The van der Waals surface area contributed by atoms with Gasteiger partial charge in [0.25, 0.3) is 0 Å². The number of benzene rings is 1. The van der Waals surface area contributed by atoms with Gasteiger partial charge < -0.3 is 5.32 Å². The molecule has 21 heavy (non-hydrogen) atoms. The maximum Gasteiger partial charge on any atom is 0.147 e. The first-order chi connectivity index (χ1) is 10.3. The zero-order valence-electron chi connectivity index (χ0n) is 12.9. The molecule has 0 radical (unpaired) electrons. The van der Waals surface area contributed by atoms with Crippen LogP contribution in [0.3, 0.4) is 0 Å². The van der Waals surface area contributed by atoms with E-state index >= 15 is 0 Å². The Morgan fingerprint density at radius 2 is 2.05 bits per heavy atom. The van der Waals surface area contributed by atoms with E-state index in [1.54, 1.807) is 11.3 Å². The van der Waals surface area contributed by atoms with Gasteiger partial charge in [-0.2, -0.15) is 0 Å². The molecule has 1 N–H and O–H groups in total. The highest BCUT2D eigenvalue weighted by Crippen LogP contribution is 2.31. The minimum atomic E-state index is 0.339. The SMILES string of the molecule is CCCNC(CC)c1nnc(-c2ccc3c(c2)CCC3)s1. The van der Waals surface area contributed by atoms with Crippen molar-refractivity contribution in [1.82, 2.24) is 15.5 Å². The van der Waals surface area contributed by atoms with Crippen LogP contribution in [-0.2, 0) is 12.8 Å². The molecule has 1 aliphatic rings. The molecule has 2 aromatic rings. The molecule has 0 saturated carbocycles. The maximum absolute atomic E-state index is 4.42. The lowest BCUT2D eigenvalue weighted by molar-refractivity contribution is 0.513. The van der Waals surface area contributed by atoms with Crippen LogP contribution < -0.4 is 5.32 Å². The summed E-state index contributed by atoms with van der Waals surface area (Å²) in [6, 6.07) is 7.12. The molecule has 112 valence electrons. The molecule has 4 heteroatoms. The average Bonchev–Trinajstić information content (AvgIpc) is 3.16. The number of hydrogen-bond donors (Lipinski definition) is 1. The highest BCUT2D eigenvalue weighted by molar-refractivity contribution is 7.14. The van der Waals surface area contributed by atoms with Gasteiger partial charge in [0.2, 0.25) is 0 Å². The van der Waals surface area contributed by atoms with Gasteiger partial charge in [0.15, 0.2) is 0 Å². The Kier molecular flexibility index (Phi) is 4.66. The van der Waals surface area contributed by atoms with Gasteiger partial charge in [0.05, 0.1) is 6.04 Å². The fourth-order valence-corrected chi connectivity index (χ4v) is 3.92. The zero-order chi connectivity index (χ0) is 14.7. The summed E-state index contributed by atoms with van der Waals surface area (Å²) in [5.41, 5.74) is 4.24. The summed E-state index contributed by atoms with van der Waals surface area (Å²) in [6.07, 6.45) is 5.94. The first-order valence-electron chi connectivity index (χ1n) is 8.00. The number of hydrogen-bond acceptors (Lipinski definition) is 4. The Hall–Kier alpha value is -1.26. The molecule has 1 heterocycles. The van der Waals surface area contributed by atoms with Crippen LogP contribution in [0.25, 0.3) is 10.6 Å². The fraction of sp³-hybridized carbons (Fsp3) is 0.529. The number of nitrogens with zero attached hydrogens (tertiary/aromatic N) is 2. The van der Waals surface area contributed by atoms with E-state index in [2.05, 4.69) is 47.6 Å². The molecule has 0 bridgehead atoms. The lowest BCUT2D eigenvalue weighted by atomic mass is 10.1. The second-order valence-electron chi connectivity index (χ2n) is 5.70. The van der Waals surface area contributed by atoms with Crippen LogP contribution in [-0.4, -0.2) is 16.7 Å². The van der Waals surface area contributed by atoms with Crippen molar-refractivity contribution in [3.8, 4) is 10.6 Å². The van der Waals surface area contributed by atoms with E-state index < -0.39 is 0 Å². The highest BCUT2D eigenvalue weighted by atomic mass is 32.1. The third-order valence-electron chi connectivity index (χ3n) is 4.13. The molecule has 0 amide bonds. The summed E-state index contributed by atoms with van der Waals surface area (Å²) in [4.78, 5) is 0. The number of aryl methyl sites for hydroxylation is 2. The van der Waals surface area contributed by atoms with E-state index in [4.69, 9.17) is 0 Å². The molecule has 0 fully saturated rings. The van der Waals surface area contributed by atoms with Gasteiger partial charge in [-0.3, -0.25) is 0 Å². The van der Waals surface area contributed by atoms with Gasteiger partial charge >= 0.3 is 0 Å². The summed E-state index contributed by atoms with van der Waals surface area (Å²) >= 11 is 1.73. The summed E-state index contributed by atoms with van der Waals surface area (Å²) < 4.78 is 0. The summed E-state index contributed by atoms with van der Waals surface area (Å²) in [7, 11) is 0. The van der Waals surface area contributed by atoms with Gasteiger partial charge in [0.1, 0.15) is 10.0 Å². The fourth-order valence-electron chi connectivity index (χ4n) is 2.92. The molecular formula is C17H23N3S. The minimum Gasteiger partial charge on any atom is -0.308 e. The van der Waals surface area contributed by atoms with Crippen LogP contribution in [0.2, 0.25) is 0 Å². The third kappa shape index (κ3) is 3.16. The van der Waals surface area contributed by atoms with E-state index in [1.165, 1.54) is 36.0 Å². The highest BCUT2D eigenvalue weighted by Gasteiger charge is 2.17. The van der Waals surface area contributed by atoms with Crippen LogP contribution in [0.1, 0.15) is 55.3 Å². The first-order valence-corrected chi connectivity index (χ1v) is 8.82. The minimum absolute atomic E-state index is 0.339. The molecule has 0 spiro atoms. The standard InChI is InChI=1S/C17H23N3S/c1-3-10-18-15(4-2)17-20-19-16(21-17)14-9-8-12-6-5-7-13(12)11-14/h8-9,11,15,18H,3-7,10H2,1-2H3. The number of fused-ring (bicyclic) bond motifs is 1. The zero-order valence-corrected chi connectivity index (χ0v) is 13.7. The monoisotopic (exact) mass is 301 g/mol. The predicted molar refractivity (Wildman–Crippen MR) is 88.7 cm³/mol. The van der Waals surface area contributed by atoms with E-state index in [0.717, 1.165) is 29.4 Å². The molecule has 0 saturated heterocycles. The van der Waals surface area contributed by atoms with Crippen molar-refractivity contribution < 1.29 is 0 Å². The van der Waals surface area contributed by atoms with Crippen LogP contribution in [0.5, 0.6) is 0 Å². The van der Waals surface area contributed by atoms with Gasteiger partial charge in [-0.25, -0.2) is 0 Å². The first kappa shape index (κ1) is 14.7. The molecule has 3 rings (SSSR count). The Balaban J connectivity index is 1.81. The predicted octanol–water partition coefficient (Wildman–Crippen LogP) is 4.14. The van der Waals surface area contributed by atoms with Gasteiger partial charge in [0, 0.05) is 5.56 Å². The van der Waals surface area contributed by atoms with Crippen molar-refractivity contribution in [2.45, 2.75) is 52.0 Å². The lowest BCUT2D eigenvalue weighted by Gasteiger charge is -2.12. The molecule has 1 atom stereocenters. The largest absolute Gasteiger partial charge is 0.308 e.